The zero-order valence-corrected chi connectivity index (χ0v) is 11.7. The van der Waals surface area contributed by atoms with Gasteiger partial charge in [0.15, 0.2) is 11.6 Å². The topological polar surface area (TPSA) is 75.4 Å². The van der Waals surface area contributed by atoms with Gasteiger partial charge in [0.2, 0.25) is 5.91 Å². The molecule has 2 amide bonds. The van der Waals surface area contributed by atoms with Crippen molar-refractivity contribution < 1.29 is 18.4 Å². The molecule has 1 aliphatic rings. The van der Waals surface area contributed by atoms with Gasteiger partial charge in [-0.3, -0.25) is 9.59 Å². The highest BCUT2D eigenvalue weighted by Crippen LogP contribution is 2.23. The Balaban J connectivity index is 2.09. The molecule has 5 nitrogen and oxygen atoms in total. The van der Waals surface area contributed by atoms with Crippen molar-refractivity contribution in [2.45, 2.75) is 12.8 Å². The van der Waals surface area contributed by atoms with E-state index in [1.807, 2.05) is 0 Å². The van der Waals surface area contributed by atoms with Gasteiger partial charge in [0.05, 0.1) is 5.56 Å². The van der Waals surface area contributed by atoms with E-state index in [4.69, 9.17) is 5.73 Å². The molecule has 3 N–H and O–H groups in total. The summed E-state index contributed by atoms with van der Waals surface area (Å²) in [6, 6.07) is 1.62. The van der Waals surface area contributed by atoms with Gasteiger partial charge in [-0.15, -0.1) is 0 Å². The molecule has 0 bridgehead atoms. The molecule has 21 heavy (non-hydrogen) atoms. The Morgan fingerprint density at radius 3 is 2.38 bits per heavy atom. The third kappa shape index (κ3) is 3.12. The Morgan fingerprint density at radius 1 is 1.24 bits per heavy atom. The second kappa shape index (κ2) is 6.07. The maximum absolute atomic E-state index is 13.2. The number of hydrogen-bond donors (Lipinski definition) is 2. The molecular formula is C14H17F2N3O2. The molecule has 1 saturated heterocycles. The van der Waals surface area contributed by atoms with Gasteiger partial charge in [-0.25, -0.2) is 8.78 Å². The fraction of sp³-hybridized carbons (Fsp3) is 0.429. The van der Waals surface area contributed by atoms with Crippen molar-refractivity contribution in [3.63, 3.8) is 0 Å². The van der Waals surface area contributed by atoms with Crippen molar-refractivity contribution in [2.24, 2.45) is 5.92 Å². The van der Waals surface area contributed by atoms with Crippen molar-refractivity contribution in [3.8, 4) is 0 Å². The van der Waals surface area contributed by atoms with Gasteiger partial charge in [0.1, 0.15) is 0 Å². The summed E-state index contributed by atoms with van der Waals surface area (Å²) < 4.78 is 26.3. The van der Waals surface area contributed by atoms with E-state index in [9.17, 15) is 18.4 Å². The molecular weight excluding hydrogens is 280 g/mol. The molecule has 0 aromatic heterocycles. The molecule has 0 saturated carbocycles. The van der Waals surface area contributed by atoms with E-state index in [1.165, 1.54) is 4.90 Å². The van der Waals surface area contributed by atoms with Crippen LogP contribution in [0.2, 0.25) is 0 Å². The maximum Gasteiger partial charge on any atom is 0.256 e. The molecule has 0 atom stereocenters. The van der Waals surface area contributed by atoms with Crippen molar-refractivity contribution in [1.29, 1.82) is 0 Å². The minimum atomic E-state index is -1.10. The SMILES string of the molecule is CNC(=O)C1CCN(C(=O)c2cc(F)c(F)cc2N)CC1. The molecule has 0 aliphatic carbocycles. The number of carbonyl (C=O) groups excluding carboxylic acids is 2. The molecule has 1 fully saturated rings. The van der Waals surface area contributed by atoms with Gasteiger partial charge in [0.25, 0.3) is 5.91 Å². The second-order valence-corrected chi connectivity index (χ2v) is 5.03. The summed E-state index contributed by atoms with van der Waals surface area (Å²) in [7, 11) is 1.57. The number of piperidine rings is 1. The Bertz CT molecular complexity index is 570. The third-order valence-corrected chi connectivity index (χ3v) is 3.72. The van der Waals surface area contributed by atoms with E-state index in [0.717, 1.165) is 12.1 Å². The highest BCUT2D eigenvalue weighted by molar-refractivity contribution is 5.99. The van der Waals surface area contributed by atoms with Gasteiger partial charge < -0.3 is 16.0 Å². The number of amides is 2. The van der Waals surface area contributed by atoms with E-state index < -0.39 is 17.5 Å². The van der Waals surface area contributed by atoms with Gasteiger partial charge in [-0.05, 0) is 18.9 Å². The standard InChI is InChI=1S/C14H17F2N3O2/c1-18-13(20)8-2-4-19(5-3-8)14(21)9-6-10(15)11(16)7-12(9)17/h6-8H,2-5,17H2,1H3,(H,18,20). The van der Waals surface area contributed by atoms with Gasteiger partial charge in [-0.1, -0.05) is 0 Å². The highest BCUT2D eigenvalue weighted by atomic mass is 19.2. The first-order valence-electron chi connectivity index (χ1n) is 6.69. The lowest BCUT2D eigenvalue weighted by atomic mass is 9.95. The third-order valence-electron chi connectivity index (χ3n) is 3.72. The van der Waals surface area contributed by atoms with Crippen molar-refractivity contribution in [2.75, 3.05) is 25.9 Å². The lowest BCUT2D eigenvalue weighted by Crippen LogP contribution is -2.42. The number of rotatable bonds is 2. The predicted molar refractivity (Wildman–Crippen MR) is 73.5 cm³/mol. The lowest BCUT2D eigenvalue weighted by molar-refractivity contribution is -0.125. The quantitative estimate of drug-likeness (QED) is 0.804. The fourth-order valence-corrected chi connectivity index (χ4v) is 2.47. The Labute approximate surface area is 121 Å². The molecule has 1 aliphatic heterocycles. The number of nitrogens with two attached hydrogens (primary N) is 1. The number of benzene rings is 1. The van der Waals surface area contributed by atoms with Crippen LogP contribution in [0.25, 0.3) is 0 Å². The minimum Gasteiger partial charge on any atom is -0.398 e. The van der Waals surface area contributed by atoms with Crippen LogP contribution in [-0.4, -0.2) is 36.9 Å². The Morgan fingerprint density at radius 2 is 1.81 bits per heavy atom. The van der Waals surface area contributed by atoms with Crippen molar-refractivity contribution in [1.82, 2.24) is 10.2 Å². The molecule has 2 rings (SSSR count). The highest BCUT2D eigenvalue weighted by Gasteiger charge is 2.28. The molecule has 1 aromatic rings. The second-order valence-electron chi connectivity index (χ2n) is 5.03. The molecule has 7 heteroatoms. The fourth-order valence-electron chi connectivity index (χ4n) is 2.47. The summed E-state index contributed by atoms with van der Waals surface area (Å²) in [4.78, 5) is 25.3. The first kappa shape index (κ1) is 15.2. The summed E-state index contributed by atoms with van der Waals surface area (Å²) in [5.41, 5.74) is 5.44. The average molecular weight is 297 g/mol. The summed E-state index contributed by atoms with van der Waals surface area (Å²) in [6.07, 6.45) is 1.07. The van der Waals surface area contributed by atoms with Crippen molar-refractivity contribution in [3.05, 3.63) is 29.3 Å². The molecule has 1 heterocycles. The number of halogens is 2. The summed E-state index contributed by atoms with van der Waals surface area (Å²) >= 11 is 0. The Kier molecular flexibility index (Phi) is 4.40. The van der Waals surface area contributed by atoms with E-state index in [-0.39, 0.29) is 23.1 Å². The van der Waals surface area contributed by atoms with E-state index in [2.05, 4.69) is 5.32 Å². The smallest absolute Gasteiger partial charge is 0.256 e. The van der Waals surface area contributed by atoms with Crippen LogP contribution in [0.5, 0.6) is 0 Å². The summed E-state index contributed by atoms with van der Waals surface area (Å²) in [5.74, 6) is -2.80. The predicted octanol–water partition coefficient (Wildman–Crippen LogP) is 1.15. The zero-order chi connectivity index (χ0) is 15.6. The number of nitrogens with one attached hydrogen (secondary N) is 1. The van der Waals surface area contributed by atoms with Gasteiger partial charge >= 0.3 is 0 Å². The number of nitrogen functional groups attached to an aromatic ring is 1. The molecule has 0 spiro atoms. The van der Waals surface area contributed by atoms with Crippen LogP contribution in [0.15, 0.2) is 12.1 Å². The van der Waals surface area contributed by atoms with Crippen LogP contribution >= 0.6 is 0 Å². The molecule has 1 aromatic carbocycles. The van der Waals surface area contributed by atoms with Gasteiger partial charge in [-0.2, -0.15) is 0 Å². The number of nitrogens with zero attached hydrogens (tertiary/aromatic N) is 1. The minimum absolute atomic E-state index is 0.0468. The molecule has 0 radical (unpaired) electrons. The van der Waals surface area contributed by atoms with E-state index in [0.29, 0.717) is 25.9 Å². The Hall–Kier alpha value is -2.18. The lowest BCUT2D eigenvalue weighted by Gasteiger charge is -2.31. The van der Waals surface area contributed by atoms with E-state index >= 15 is 0 Å². The number of likely N-dealkylation sites (tertiary alicyclic amines) is 1. The summed E-state index contributed by atoms with van der Waals surface area (Å²) in [5, 5.41) is 2.58. The number of carbonyl (C=O) groups is 2. The van der Waals surface area contributed by atoms with Crippen LogP contribution in [0.3, 0.4) is 0 Å². The zero-order valence-electron chi connectivity index (χ0n) is 11.7. The van der Waals surface area contributed by atoms with Crippen LogP contribution in [0.1, 0.15) is 23.2 Å². The van der Waals surface area contributed by atoms with E-state index in [1.54, 1.807) is 7.05 Å². The number of hydrogen-bond acceptors (Lipinski definition) is 3. The molecule has 0 unspecified atom stereocenters. The monoisotopic (exact) mass is 297 g/mol. The van der Waals surface area contributed by atoms with Crippen LogP contribution < -0.4 is 11.1 Å². The largest absolute Gasteiger partial charge is 0.398 e. The maximum atomic E-state index is 13.2. The summed E-state index contributed by atoms with van der Waals surface area (Å²) in [6.45, 7) is 0.769. The van der Waals surface area contributed by atoms with Crippen molar-refractivity contribution >= 4 is 17.5 Å². The number of anilines is 1. The van der Waals surface area contributed by atoms with Gasteiger partial charge in [0, 0.05) is 37.8 Å². The van der Waals surface area contributed by atoms with Crippen LogP contribution in [0, 0.1) is 17.6 Å². The van der Waals surface area contributed by atoms with Crippen LogP contribution in [-0.2, 0) is 4.79 Å². The molecule has 114 valence electrons. The first-order chi connectivity index (χ1) is 9.93. The first-order valence-corrected chi connectivity index (χ1v) is 6.69. The average Bonchev–Trinajstić information content (AvgIpc) is 2.49. The van der Waals surface area contributed by atoms with Crippen LogP contribution in [0.4, 0.5) is 14.5 Å². The normalized spacial score (nSPS) is 15.9.